The van der Waals surface area contributed by atoms with E-state index in [9.17, 15) is 5.11 Å². The number of nitrogens with zero attached hydrogens (tertiary/aromatic N) is 3. The first-order valence-corrected chi connectivity index (χ1v) is 4.93. The van der Waals surface area contributed by atoms with Crippen LogP contribution in [0.3, 0.4) is 0 Å². The van der Waals surface area contributed by atoms with E-state index in [1.165, 1.54) is 0 Å². The standard InChI is InChI=1S/C12H9N3O.ClH/c16-12-10-8-13-6-7-15(10)11(14-12)9-4-2-1-3-5-9;/h1-8,16H;1H. The monoisotopic (exact) mass is 247 g/mol. The first kappa shape index (κ1) is 11.4. The molecule has 17 heavy (non-hydrogen) atoms. The topological polar surface area (TPSA) is 50.4 Å². The fourth-order valence-electron chi connectivity index (χ4n) is 1.71. The van der Waals surface area contributed by atoms with Crippen LogP contribution in [0.15, 0.2) is 48.9 Å². The van der Waals surface area contributed by atoms with Gasteiger partial charge in [0.2, 0.25) is 5.88 Å². The number of halogens is 1. The van der Waals surface area contributed by atoms with E-state index in [-0.39, 0.29) is 18.3 Å². The summed E-state index contributed by atoms with van der Waals surface area (Å²) in [6.45, 7) is 0. The van der Waals surface area contributed by atoms with Gasteiger partial charge in [-0.05, 0) is 0 Å². The number of hydrogen-bond donors (Lipinski definition) is 1. The van der Waals surface area contributed by atoms with Gasteiger partial charge >= 0.3 is 0 Å². The van der Waals surface area contributed by atoms with E-state index in [0.29, 0.717) is 5.52 Å². The number of aromatic hydroxyl groups is 1. The van der Waals surface area contributed by atoms with Crippen LogP contribution in [0.2, 0.25) is 0 Å². The summed E-state index contributed by atoms with van der Waals surface area (Å²) < 4.78 is 1.82. The Morgan fingerprint density at radius 1 is 1.12 bits per heavy atom. The van der Waals surface area contributed by atoms with E-state index in [1.54, 1.807) is 18.6 Å². The molecule has 4 nitrogen and oxygen atoms in total. The summed E-state index contributed by atoms with van der Waals surface area (Å²) in [6, 6.07) is 9.73. The Bertz CT molecular complexity index is 637. The van der Waals surface area contributed by atoms with Crippen LogP contribution in [0, 0.1) is 0 Å². The largest absolute Gasteiger partial charge is 0.492 e. The van der Waals surface area contributed by atoms with Crippen molar-refractivity contribution in [2.24, 2.45) is 0 Å². The van der Waals surface area contributed by atoms with E-state index in [0.717, 1.165) is 11.4 Å². The second kappa shape index (κ2) is 4.43. The summed E-state index contributed by atoms with van der Waals surface area (Å²) in [5.41, 5.74) is 1.57. The number of hydrogen-bond acceptors (Lipinski definition) is 3. The molecule has 0 aliphatic carbocycles. The summed E-state index contributed by atoms with van der Waals surface area (Å²) in [5, 5.41) is 9.68. The van der Waals surface area contributed by atoms with Gasteiger partial charge in [0.25, 0.3) is 0 Å². The zero-order chi connectivity index (χ0) is 11.0. The van der Waals surface area contributed by atoms with Gasteiger partial charge in [-0.2, -0.15) is 4.98 Å². The van der Waals surface area contributed by atoms with Gasteiger partial charge in [0.05, 0.1) is 6.20 Å². The smallest absolute Gasteiger partial charge is 0.239 e. The zero-order valence-electron chi connectivity index (χ0n) is 8.82. The molecule has 0 saturated heterocycles. The van der Waals surface area contributed by atoms with Gasteiger partial charge in [-0.25, -0.2) is 0 Å². The van der Waals surface area contributed by atoms with Gasteiger partial charge < -0.3 is 5.11 Å². The molecule has 0 aliphatic heterocycles. The summed E-state index contributed by atoms with van der Waals surface area (Å²) in [5.74, 6) is 0.724. The quantitative estimate of drug-likeness (QED) is 0.719. The van der Waals surface area contributed by atoms with Crippen molar-refractivity contribution < 1.29 is 5.11 Å². The molecule has 0 amide bonds. The van der Waals surface area contributed by atoms with Crippen molar-refractivity contribution >= 4 is 17.9 Å². The van der Waals surface area contributed by atoms with Gasteiger partial charge in [0, 0.05) is 18.0 Å². The summed E-state index contributed by atoms with van der Waals surface area (Å²) >= 11 is 0. The van der Waals surface area contributed by atoms with Crippen LogP contribution in [0.1, 0.15) is 0 Å². The van der Waals surface area contributed by atoms with E-state index >= 15 is 0 Å². The highest BCUT2D eigenvalue weighted by molar-refractivity contribution is 5.85. The molecule has 0 saturated carbocycles. The Labute approximate surface area is 104 Å². The predicted molar refractivity (Wildman–Crippen MR) is 67.3 cm³/mol. The SMILES string of the molecule is Cl.Oc1nc(-c2ccccc2)n2ccncc12. The third-order valence-corrected chi connectivity index (χ3v) is 2.46. The second-order valence-corrected chi connectivity index (χ2v) is 3.46. The van der Waals surface area contributed by atoms with Gasteiger partial charge in [-0.15, -0.1) is 12.4 Å². The lowest BCUT2D eigenvalue weighted by atomic mass is 10.2. The minimum atomic E-state index is 0. The van der Waals surface area contributed by atoms with Crippen LogP contribution in [-0.2, 0) is 0 Å². The minimum Gasteiger partial charge on any atom is -0.492 e. The van der Waals surface area contributed by atoms with Crippen LogP contribution in [-0.4, -0.2) is 19.5 Å². The molecule has 0 spiro atoms. The first-order chi connectivity index (χ1) is 7.86. The maximum atomic E-state index is 9.68. The van der Waals surface area contributed by atoms with E-state index in [4.69, 9.17) is 0 Å². The number of rotatable bonds is 1. The van der Waals surface area contributed by atoms with E-state index in [1.807, 2.05) is 34.7 Å². The molecular weight excluding hydrogens is 238 g/mol. The Morgan fingerprint density at radius 3 is 2.65 bits per heavy atom. The number of fused-ring (bicyclic) bond motifs is 1. The van der Waals surface area contributed by atoms with Gasteiger partial charge in [-0.3, -0.25) is 9.38 Å². The van der Waals surface area contributed by atoms with Crippen LogP contribution in [0.5, 0.6) is 5.88 Å². The first-order valence-electron chi connectivity index (χ1n) is 4.93. The summed E-state index contributed by atoms with van der Waals surface area (Å²) in [6.07, 6.45) is 5.04. The number of benzene rings is 1. The fourth-order valence-corrected chi connectivity index (χ4v) is 1.71. The van der Waals surface area contributed by atoms with Crippen LogP contribution < -0.4 is 0 Å². The van der Waals surface area contributed by atoms with Crippen molar-refractivity contribution in [2.75, 3.05) is 0 Å². The Hall–Kier alpha value is -2.07. The van der Waals surface area contributed by atoms with Crippen molar-refractivity contribution in [1.82, 2.24) is 14.4 Å². The van der Waals surface area contributed by atoms with Crippen LogP contribution in [0.25, 0.3) is 16.9 Å². The summed E-state index contributed by atoms with van der Waals surface area (Å²) in [4.78, 5) is 8.10. The van der Waals surface area contributed by atoms with Crippen LogP contribution >= 0.6 is 12.4 Å². The minimum absolute atomic E-state index is 0. The molecule has 3 rings (SSSR count). The molecule has 0 aliphatic rings. The average Bonchev–Trinajstić information content (AvgIpc) is 2.69. The molecule has 0 fully saturated rings. The molecule has 1 aromatic carbocycles. The maximum absolute atomic E-state index is 9.68. The fraction of sp³-hybridized carbons (Fsp3) is 0. The molecule has 5 heteroatoms. The third-order valence-electron chi connectivity index (χ3n) is 2.46. The number of imidazole rings is 1. The van der Waals surface area contributed by atoms with Crippen molar-refractivity contribution in [3.8, 4) is 17.3 Å². The molecule has 3 aromatic rings. The van der Waals surface area contributed by atoms with Crippen LogP contribution in [0.4, 0.5) is 0 Å². The lowest BCUT2D eigenvalue weighted by Gasteiger charge is -1.99. The highest BCUT2D eigenvalue weighted by Crippen LogP contribution is 2.25. The van der Waals surface area contributed by atoms with Gasteiger partial charge in [0.15, 0.2) is 0 Å². The second-order valence-electron chi connectivity index (χ2n) is 3.46. The Kier molecular flexibility index (Phi) is 2.97. The Balaban J connectivity index is 0.00000108. The van der Waals surface area contributed by atoms with Gasteiger partial charge in [0.1, 0.15) is 11.3 Å². The molecule has 2 aromatic heterocycles. The maximum Gasteiger partial charge on any atom is 0.239 e. The summed E-state index contributed by atoms with van der Waals surface area (Å²) in [7, 11) is 0. The van der Waals surface area contributed by atoms with Crippen molar-refractivity contribution in [3.05, 3.63) is 48.9 Å². The highest BCUT2D eigenvalue weighted by atomic mass is 35.5. The predicted octanol–water partition coefficient (Wildman–Crippen LogP) is 2.52. The highest BCUT2D eigenvalue weighted by Gasteiger charge is 2.10. The molecule has 86 valence electrons. The number of aromatic nitrogens is 3. The molecule has 0 radical (unpaired) electrons. The molecular formula is C12H10ClN3O. The third kappa shape index (κ3) is 1.83. The molecule has 0 atom stereocenters. The average molecular weight is 248 g/mol. The van der Waals surface area contributed by atoms with Crippen molar-refractivity contribution in [3.63, 3.8) is 0 Å². The van der Waals surface area contributed by atoms with Gasteiger partial charge in [-0.1, -0.05) is 30.3 Å². The van der Waals surface area contributed by atoms with E-state index in [2.05, 4.69) is 9.97 Å². The normalized spacial score (nSPS) is 10.1. The molecule has 2 heterocycles. The van der Waals surface area contributed by atoms with Crippen molar-refractivity contribution in [1.29, 1.82) is 0 Å². The lowest BCUT2D eigenvalue weighted by molar-refractivity contribution is 0.462. The van der Waals surface area contributed by atoms with E-state index < -0.39 is 0 Å². The van der Waals surface area contributed by atoms with Crippen molar-refractivity contribution in [2.45, 2.75) is 0 Å². The molecule has 1 N–H and O–H groups in total. The molecule has 0 bridgehead atoms. The Morgan fingerprint density at radius 2 is 1.88 bits per heavy atom. The zero-order valence-corrected chi connectivity index (χ0v) is 9.63. The lowest BCUT2D eigenvalue weighted by Crippen LogP contribution is -1.88. The molecule has 0 unspecified atom stereocenters.